The molecule has 0 aromatic heterocycles. The zero-order valence-corrected chi connectivity index (χ0v) is 13.8. The molecule has 0 radical (unpaired) electrons. The maximum Gasteiger partial charge on any atom is 0.673 e. The summed E-state index contributed by atoms with van der Waals surface area (Å²) in [6, 6.07) is 0.907. The van der Waals surface area contributed by atoms with Crippen LogP contribution in [0.2, 0.25) is 0 Å². The molecule has 1 saturated heterocycles. The van der Waals surface area contributed by atoms with E-state index < -0.39 is 7.25 Å². The van der Waals surface area contributed by atoms with E-state index in [4.69, 9.17) is 0 Å². The Morgan fingerprint density at radius 2 is 1.48 bits per heavy atom. The van der Waals surface area contributed by atoms with E-state index >= 15 is 0 Å². The number of likely N-dealkylation sites (tertiary alicyclic amines) is 1. The third kappa shape index (κ3) is 13.1. The molecule has 1 heterocycles. The Labute approximate surface area is 127 Å². The van der Waals surface area contributed by atoms with Crippen molar-refractivity contribution in [1.29, 1.82) is 0 Å². The second kappa shape index (κ2) is 11.3. The minimum atomic E-state index is -6.00. The molecule has 0 aliphatic carbocycles. The van der Waals surface area contributed by atoms with Gasteiger partial charge in [-0.1, -0.05) is 39.5 Å². The van der Waals surface area contributed by atoms with E-state index in [0.717, 1.165) is 12.0 Å². The summed E-state index contributed by atoms with van der Waals surface area (Å²) in [5.74, 6) is 0.948. The van der Waals surface area contributed by atoms with E-state index in [1.165, 1.54) is 64.5 Å². The molecule has 6 heteroatoms. The van der Waals surface area contributed by atoms with Gasteiger partial charge in [0.1, 0.15) is 0 Å². The van der Waals surface area contributed by atoms with Crippen LogP contribution in [0.15, 0.2) is 0 Å². The lowest BCUT2D eigenvalue weighted by molar-refractivity contribution is -0.932. The zero-order chi connectivity index (χ0) is 16.3. The molecule has 21 heavy (non-hydrogen) atoms. The molecular weight excluding hydrogens is 281 g/mol. The summed E-state index contributed by atoms with van der Waals surface area (Å²) in [6.45, 7) is 10.0. The van der Waals surface area contributed by atoms with Crippen LogP contribution in [0.1, 0.15) is 72.1 Å². The number of quaternary nitrogens is 1. The molecule has 0 bridgehead atoms. The molecule has 0 aromatic carbocycles. The van der Waals surface area contributed by atoms with Gasteiger partial charge in [0.25, 0.3) is 0 Å². The maximum absolute atomic E-state index is 9.75. The van der Waals surface area contributed by atoms with Gasteiger partial charge in [-0.05, 0) is 32.6 Å². The van der Waals surface area contributed by atoms with Gasteiger partial charge in [-0.2, -0.15) is 0 Å². The van der Waals surface area contributed by atoms with Gasteiger partial charge in [-0.3, -0.25) is 0 Å². The standard InChI is InChI=1S/C15H31N.BF4/c1-4-5-6-7-8-9-12-16-13-10-11-14(2)15(16)3;2-1(3,4)5/h14-15H,4-13H2,1-3H3;/q;-1/p+1. The van der Waals surface area contributed by atoms with Gasteiger partial charge in [0.2, 0.25) is 0 Å². The molecule has 0 saturated carbocycles. The largest absolute Gasteiger partial charge is 0.673 e. The van der Waals surface area contributed by atoms with Crippen molar-refractivity contribution in [2.75, 3.05) is 13.1 Å². The zero-order valence-electron chi connectivity index (χ0n) is 13.8. The van der Waals surface area contributed by atoms with Crippen LogP contribution in [0, 0.1) is 5.92 Å². The van der Waals surface area contributed by atoms with Gasteiger partial charge in [-0.15, -0.1) is 0 Å². The number of unbranched alkanes of at least 4 members (excludes halogenated alkanes) is 5. The summed E-state index contributed by atoms with van der Waals surface area (Å²) in [6.07, 6.45) is 11.6. The normalized spacial score (nSPS) is 26.1. The van der Waals surface area contributed by atoms with Crippen LogP contribution in [-0.2, 0) is 0 Å². The van der Waals surface area contributed by atoms with Gasteiger partial charge in [0.05, 0.1) is 19.1 Å². The molecule has 1 fully saturated rings. The van der Waals surface area contributed by atoms with Crippen molar-refractivity contribution >= 4 is 7.25 Å². The van der Waals surface area contributed by atoms with Crippen molar-refractivity contribution in [2.45, 2.75) is 78.2 Å². The molecular formula is C15H32BF4N. The van der Waals surface area contributed by atoms with Gasteiger partial charge in [0, 0.05) is 5.92 Å². The van der Waals surface area contributed by atoms with Crippen LogP contribution < -0.4 is 4.90 Å². The van der Waals surface area contributed by atoms with Gasteiger partial charge < -0.3 is 22.2 Å². The summed E-state index contributed by atoms with van der Waals surface area (Å²) in [4.78, 5) is 1.88. The molecule has 128 valence electrons. The quantitative estimate of drug-likeness (QED) is 0.405. The monoisotopic (exact) mass is 313 g/mol. The topological polar surface area (TPSA) is 4.44 Å². The van der Waals surface area contributed by atoms with E-state index in [9.17, 15) is 17.3 Å². The average Bonchev–Trinajstić information content (AvgIpc) is 2.36. The minimum absolute atomic E-state index is 0.907. The third-order valence-electron chi connectivity index (χ3n) is 4.51. The summed E-state index contributed by atoms with van der Waals surface area (Å²) in [5.41, 5.74) is 0. The molecule has 3 unspecified atom stereocenters. The Kier molecular flexibility index (Phi) is 11.2. The van der Waals surface area contributed by atoms with Crippen LogP contribution in [0.25, 0.3) is 0 Å². The fraction of sp³-hybridized carbons (Fsp3) is 1.00. The molecule has 1 aliphatic heterocycles. The van der Waals surface area contributed by atoms with Gasteiger partial charge in [-0.25, -0.2) is 0 Å². The lowest BCUT2D eigenvalue weighted by Crippen LogP contribution is -3.17. The lowest BCUT2D eigenvalue weighted by Gasteiger charge is -2.34. The van der Waals surface area contributed by atoms with Crippen LogP contribution in [-0.4, -0.2) is 26.4 Å². The fourth-order valence-corrected chi connectivity index (χ4v) is 3.02. The predicted molar refractivity (Wildman–Crippen MR) is 82.1 cm³/mol. The summed E-state index contributed by atoms with van der Waals surface area (Å²) < 4.78 is 39.0. The lowest BCUT2D eigenvalue weighted by atomic mass is 9.92. The highest BCUT2D eigenvalue weighted by Crippen LogP contribution is 2.12. The molecule has 1 rings (SSSR count). The Balaban J connectivity index is 0.000000690. The SMILES string of the molecule is CCCCCCCC[NH+]1CCCC(C)C1C.F[B-](F)(F)F. The van der Waals surface area contributed by atoms with Crippen molar-refractivity contribution in [3.63, 3.8) is 0 Å². The van der Waals surface area contributed by atoms with E-state index in [-0.39, 0.29) is 0 Å². The van der Waals surface area contributed by atoms with Crippen LogP contribution >= 0.6 is 0 Å². The number of nitrogens with one attached hydrogen (secondary N) is 1. The predicted octanol–water partition coefficient (Wildman–Crippen LogP) is 4.35. The number of hydrogen-bond donors (Lipinski definition) is 1. The van der Waals surface area contributed by atoms with Crippen LogP contribution in [0.3, 0.4) is 0 Å². The second-order valence-electron chi connectivity index (χ2n) is 6.33. The Morgan fingerprint density at radius 3 is 2.05 bits per heavy atom. The first-order chi connectivity index (χ1) is 9.75. The highest BCUT2D eigenvalue weighted by molar-refractivity contribution is 6.50. The Hall–Kier alpha value is -0.255. The fourth-order valence-electron chi connectivity index (χ4n) is 3.02. The molecule has 0 amide bonds. The number of rotatable bonds is 7. The van der Waals surface area contributed by atoms with Gasteiger partial charge >= 0.3 is 7.25 Å². The minimum Gasteiger partial charge on any atom is -0.418 e. The number of hydrogen-bond acceptors (Lipinski definition) is 0. The summed E-state index contributed by atoms with van der Waals surface area (Å²) in [5, 5.41) is 0. The van der Waals surface area contributed by atoms with Crippen LogP contribution in [0.5, 0.6) is 0 Å². The van der Waals surface area contributed by atoms with Crippen molar-refractivity contribution in [3.8, 4) is 0 Å². The first-order valence-electron chi connectivity index (χ1n) is 8.47. The van der Waals surface area contributed by atoms with Crippen molar-refractivity contribution in [1.82, 2.24) is 0 Å². The van der Waals surface area contributed by atoms with Gasteiger partial charge in [0.15, 0.2) is 0 Å². The second-order valence-corrected chi connectivity index (χ2v) is 6.33. The van der Waals surface area contributed by atoms with E-state index in [1.54, 1.807) is 0 Å². The molecule has 0 spiro atoms. The number of piperidine rings is 1. The van der Waals surface area contributed by atoms with Crippen molar-refractivity contribution in [2.24, 2.45) is 5.92 Å². The van der Waals surface area contributed by atoms with E-state index in [2.05, 4.69) is 20.8 Å². The smallest absolute Gasteiger partial charge is 0.418 e. The first kappa shape index (κ1) is 20.7. The van der Waals surface area contributed by atoms with Crippen molar-refractivity contribution in [3.05, 3.63) is 0 Å². The molecule has 0 aromatic rings. The summed E-state index contributed by atoms with van der Waals surface area (Å²) >= 11 is 0. The summed E-state index contributed by atoms with van der Waals surface area (Å²) in [7, 11) is -6.00. The molecule has 1 nitrogen and oxygen atoms in total. The maximum atomic E-state index is 9.75. The molecule has 3 atom stereocenters. The van der Waals surface area contributed by atoms with E-state index in [0.29, 0.717) is 0 Å². The highest BCUT2D eigenvalue weighted by atomic mass is 19.5. The Bertz CT molecular complexity index is 242. The van der Waals surface area contributed by atoms with E-state index in [1.807, 2.05) is 4.90 Å². The first-order valence-corrected chi connectivity index (χ1v) is 8.47. The van der Waals surface area contributed by atoms with Crippen LogP contribution in [0.4, 0.5) is 17.3 Å². The highest BCUT2D eigenvalue weighted by Gasteiger charge is 2.27. The third-order valence-corrected chi connectivity index (χ3v) is 4.51. The molecule has 1 aliphatic rings. The Morgan fingerprint density at radius 1 is 0.952 bits per heavy atom. The van der Waals surface area contributed by atoms with Crippen molar-refractivity contribution < 1.29 is 22.2 Å². The number of halogens is 4. The molecule has 1 N–H and O–H groups in total. The average molecular weight is 313 g/mol.